The lowest BCUT2D eigenvalue weighted by atomic mass is 9.95. The summed E-state index contributed by atoms with van der Waals surface area (Å²) < 4.78 is 2.43. The van der Waals surface area contributed by atoms with Crippen LogP contribution < -0.4 is 10.9 Å². The number of nitriles is 1. The molecule has 0 bridgehead atoms. The van der Waals surface area contributed by atoms with Crippen molar-refractivity contribution in [1.29, 1.82) is 5.26 Å². The third kappa shape index (κ3) is 2.57. The topological polar surface area (TPSA) is 83.6 Å². The molecule has 1 aliphatic carbocycles. The number of hydrogen-bond acceptors (Lipinski definition) is 6. The van der Waals surface area contributed by atoms with Crippen LogP contribution in [0.1, 0.15) is 50.6 Å². The number of anilines is 1. The average Bonchev–Trinajstić information content (AvgIpc) is 3.03. The normalized spacial score (nSPS) is 15.5. The number of pyridine rings is 1. The van der Waals surface area contributed by atoms with E-state index in [0.29, 0.717) is 22.3 Å². The van der Waals surface area contributed by atoms with Gasteiger partial charge in [0.05, 0.1) is 23.0 Å². The van der Waals surface area contributed by atoms with Crippen molar-refractivity contribution in [3.8, 4) is 6.07 Å². The number of nitrogens with zero attached hydrogens (tertiary/aromatic N) is 4. The summed E-state index contributed by atoms with van der Waals surface area (Å²) in [7, 11) is 0. The molecule has 0 saturated heterocycles. The van der Waals surface area contributed by atoms with E-state index in [1.54, 1.807) is 17.1 Å². The first-order chi connectivity index (χ1) is 12.2. The van der Waals surface area contributed by atoms with Crippen LogP contribution in [0.2, 0.25) is 0 Å². The lowest BCUT2D eigenvalue weighted by Gasteiger charge is -2.23. The first kappa shape index (κ1) is 16.0. The summed E-state index contributed by atoms with van der Waals surface area (Å²) in [5.41, 5.74) is 1.87. The molecule has 25 heavy (non-hydrogen) atoms. The van der Waals surface area contributed by atoms with E-state index in [4.69, 9.17) is 0 Å². The van der Waals surface area contributed by atoms with E-state index in [9.17, 15) is 10.1 Å². The Labute approximate surface area is 149 Å². The van der Waals surface area contributed by atoms with Crippen molar-refractivity contribution in [1.82, 2.24) is 14.5 Å². The van der Waals surface area contributed by atoms with Crippen molar-refractivity contribution in [3.05, 3.63) is 28.4 Å². The molecule has 128 valence electrons. The van der Waals surface area contributed by atoms with E-state index in [2.05, 4.69) is 21.4 Å². The third-order valence-electron chi connectivity index (χ3n) is 4.88. The van der Waals surface area contributed by atoms with Gasteiger partial charge in [-0.3, -0.25) is 9.36 Å². The molecule has 0 unspecified atom stereocenters. The van der Waals surface area contributed by atoms with E-state index < -0.39 is 0 Å². The molecule has 4 rings (SSSR count). The number of rotatable bonds is 3. The molecule has 1 fully saturated rings. The van der Waals surface area contributed by atoms with Gasteiger partial charge in [0.1, 0.15) is 21.1 Å². The van der Waals surface area contributed by atoms with Gasteiger partial charge in [-0.05, 0) is 19.8 Å². The molecule has 1 N–H and O–H groups in total. The van der Waals surface area contributed by atoms with Crippen molar-refractivity contribution >= 4 is 37.5 Å². The van der Waals surface area contributed by atoms with Gasteiger partial charge in [0.2, 0.25) is 0 Å². The smallest absolute Gasteiger partial charge is 0.271 e. The second kappa shape index (κ2) is 6.45. The average molecular weight is 353 g/mol. The van der Waals surface area contributed by atoms with Crippen LogP contribution in [0.15, 0.2) is 17.3 Å². The minimum atomic E-state index is 0.0147. The minimum absolute atomic E-state index is 0.0147. The first-order valence-corrected chi connectivity index (χ1v) is 9.52. The zero-order chi connectivity index (χ0) is 17.4. The largest absolute Gasteiger partial charge is 0.384 e. The second-order valence-corrected chi connectivity index (χ2v) is 7.40. The van der Waals surface area contributed by atoms with Crippen molar-refractivity contribution in [2.24, 2.45) is 0 Å². The van der Waals surface area contributed by atoms with Crippen LogP contribution in [0.5, 0.6) is 0 Å². The van der Waals surface area contributed by atoms with Gasteiger partial charge >= 0.3 is 0 Å². The summed E-state index contributed by atoms with van der Waals surface area (Å²) in [4.78, 5) is 22.8. The monoisotopic (exact) mass is 353 g/mol. The molecule has 3 aromatic heterocycles. The van der Waals surface area contributed by atoms with Gasteiger partial charge in [-0.2, -0.15) is 5.26 Å². The van der Waals surface area contributed by atoms with Crippen LogP contribution >= 0.6 is 11.3 Å². The molecule has 6 nitrogen and oxygen atoms in total. The summed E-state index contributed by atoms with van der Waals surface area (Å²) in [6.07, 6.45) is 8.90. The first-order valence-electron chi connectivity index (χ1n) is 8.71. The minimum Gasteiger partial charge on any atom is -0.384 e. The van der Waals surface area contributed by atoms with Crippen LogP contribution in [-0.2, 0) is 0 Å². The highest BCUT2D eigenvalue weighted by Gasteiger charge is 2.21. The number of fused-ring (bicyclic) bond motifs is 3. The van der Waals surface area contributed by atoms with Crippen LogP contribution in [0.4, 0.5) is 5.69 Å². The molecule has 3 aromatic rings. The predicted molar refractivity (Wildman–Crippen MR) is 100 cm³/mol. The molecule has 0 radical (unpaired) electrons. The molecular formula is C18H19N5OS. The van der Waals surface area contributed by atoms with E-state index in [1.165, 1.54) is 30.6 Å². The molecule has 1 aliphatic rings. The highest BCUT2D eigenvalue weighted by atomic mass is 32.1. The summed E-state index contributed by atoms with van der Waals surface area (Å²) in [6.45, 7) is 2.66. The Morgan fingerprint density at radius 1 is 1.36 bits per heavy atom. The molecule has 0 aliphatic heterocycles. The Morgan fingerprint density at radius 2 is 2.16 bits per heavy atom. The molecule has 0 aromatic carbocycles. The number of aromatic nitrogens is 3. The van der Waals surface area contributed by atoms with Gasteiger partial charge in [-0.15, -0.1) is 11.3 Å². The number of thiophene rings is 1. The SMILES string of the molecule is CCNc1c(C#N)cnc2sc3c(=O)n(C4CCCCC4)cnc3c12. The van der Waals surface area contributed by atoms with Crippen LogP contribution in [0.3, 0.4) is 0 Å². The van der Waals surface area contributed by atoms with E-state index in [-0.39, 0.29) is 11.6 Å². The molecule has 0 amide bonds. The van der Waals surface area contributed by atoms with Crippen molar-refractivity contribution in [2.45, 2.75) is 45.1 Å². The third-order valence-corrected chi connectivity index (χ3v) is 5.95. The lowest BCUT2D eigenvalue weighted by Crippen LogP contribution is -2.26. The van der Waals surface area contributed by atoms with Gasteiger partial charge in [0.15, 0.2) is 0 Å². The van der Waals surface area contributed by atoms with Crippen LogP contribution in [-0.4, -0.2) is 21.1 Å². The Kier molecular flexibility index (Phi) is 4.14. The Morgan fingerprint density at radius 3 is 2.88 bits per heavy atom. The van der Waals surface area contributed by atoms with Crippen molar-refractivity contribution in [2.75, 3.05) is 11.9 Å². The van der Waals surface area contributed by atoms with E-state index in [0.717, 1.165) is 28.7 Å². The quantitative estimate of drug-likeness (QED) is 0.774. The van der Waals surface area contributed by atoms with Gasteiger partial charge in [-0.1, -0.05) is 19.3 Å². The van der Waals surface area contributed by atoms with Crippen LogP contribution in [0, 0.1) is 11.3 Å². The van der Waals surface area contributed by atoms with E-state index >= 15 is 0 Å². The number of hydrogen-bond donors (Lipinski definition) is 1. The van der Waals surface area contributed by atoms with Gasteiger partial charge < -0.3 is 5.32 Å². The maximum absolute atomic E-state index is 13.0. The summed E-state index contributed by atoms with van der Waals surface area (Å²) in [5, 5.41) is 13.4. The van der Waals surface area contributed by atoms with Crippen molar-refractivity contribution < 1.29 is 0 Å². The molecule has 1 saturated carbocycles. The highest BCUT2D eigenvalue weighted by molar-refractivity contribution is 7.25. The zero-order valence-electron chi connectivity index (χ0n) is 14.1. The molecular weight excluding hydrogens is 334 g/mol. The molecule has 0 spiro atoms. The molecule has 3 heterocycles. The van der Waals surface area contributed by atoms with E-state index in [1.807, 2.05) is 6.92 Å². The van der Waals surface area contributed by atoms with Crippen LogP contribution in [0.25, 0.3) is 20.4 Å². The summed E-state index contributed by atoms with van der Waals surface area (Å²) in [5.74, 6) is 0. The highest BCUT2D eigenvalue weighted by Crippen LogP contribution is 2.36. The Bertz CT molecular complexity index is 1040. The fourth-order valence-electron chi connectivity index (χ4n) is 3.67. The fraction of sp³-hybridized carbons (Fsp3) is 0.444. The fourth-order valence-corrected chi connectivity index (χ4v) is 4.72. The maximum Gasteiger partial charge on any atom is 0.271 e. The summed E-state index contributed by atoms with van der Waals surface area (Å²) >= 11 is 1.37. The van der Waals surface area contributed by atoms with Gasteiger partial charge in [-0.25, -0.2) is 9.97 Å². The lowest BCUT2D eigenvalue weighted by molar-refractivity contribution is 0.345. The summed E-state index contributed by atoms with van der Waals surface area (Å²) in [6, 6.07) is 2.42. The standard InChI is InChI=1S/C18H19N5OS/c1-2-20-14-11(8-19)9-21-17-13(14)15-16(25-17)18(24)23(10-22-15)12-6-4-3-5-7-12/h9-10,12H,2-7H2,1H3,(H,20,21). The zero-order valence-corrected chi connectivity index (χ0v) is 14.9. The Hall–Kier alpha value is -2.46. The second-order valence-electron chi connectivity index (χ2n) is 6.40. The predicted octanol–water partition coefficient (Wildman–Crippen LogP) is 3.81. The molecule has 7 heteroatoms. The Balaban J connectivity index is 1.97. The van der Waals surface area contributed by atoms with Gasteiger partial charge in [0.25, 0.3) is 5.56 Å². The molecule has 0 atom stereocenters. The van der Waals surface area contributed by atoms with Crippen molar-refractivity contribution in [3.63, 3.8) is 0 Å². The maximum atomic E-state index is 13.0. The van der Waals surface area contributed by atoms with Gasteiger partial charge in [0, 0.05) is 18.8 Å². The number of nitrogens with one attached hydrogen (secondary N) is 1.